The quantitative estimate of drug-likeness (QED) is 0.623. The van der Waals surface area contributed by atoms with E-state index < -0.39 is 11.9 Å². The van der Waals surface area contributed by atoms with Crippen LogP contribution in [0, 0.1) is 5.92 Å². The first-order chi connectivity index (χ1) is 13.3. The van der Waals surface area contributed by atoms with Gasteiger partial charge in [-0.3, -0.25) is 4.79 Å². The highest BCUT2D eigenvalue weighted by Gasteiger charge is 2.17. The van der Waals surface area contributed by atoms with Crippen LogP contribution in [-0.4, -0.2) is 66.8 Å². The molecule has 0 atom stereocenters. The van der Waals surface area contributed by atoms with Crippen LogP contribution >= 0.6 is 0 Å². The third-order valence-corrected chi connectivity index (χ3v) is 4.40. The summed E-state index contributed by atoms with van der Waals surface area (Å²) in [4.78, 5) is 32.7. The lowest BCUT2D eigenvalue weighted by Gasteiger charge is -2.29. The van der Waals surface area contributed by atoms with E-state index in [9.17, 15) is 4.79 Å². The fourth-order valence-electron chi connectivity index (χ4n) is 2.67. The van der Waals surface area contributed by atoms with Crippen LogP contribution in [-0.2, 0) is 14.4 Å². The van der Waals surface area contributed by atoms with E-state index in [1.807, 2.05) is 6.07 Å². The molecule has 1 aromatic carbocycles. The Bertz CT molecular complexity index is 658. The Balaban J connectivity index is 0.000000568. The van der Waals surface area contributed by atoms with Gasteiger partial charge in [0.2, 0.25) is 5.91 Å². The minimum absolute atomic E-state index is 0.00479. The molecule has 28 heavy (non-hydrogen) atoms. The number of ether oxygens (including phenoxy) is 2. The normalized spacial score (nSPS) is 14.4. The molecule has 1 aromatic rings. The van der Waals surface area contributed by atoms with Gasteiger partial charge in [0.05, 0.1) is 19.9 Å². The summed E-state index contributed by atoms with van der Waals surface area (Å²) in [6, 6.07) is 5.38. The van der Waals surface area contributed by atoms with Crippen molar-refractivity contribution in [2.45, 2.75) is 26.2 Å². The summed E-state index contributed by atoms with van der Waals surface area (Å²) in [5.41, 5.74) is 0.652. The van der Waals surface area contributed by atoms with Crippen molar-refractivity contribution in [1.29, 1.82) is 0 Å². The molecule has 1 fully saturated rings. The SMILES string of the molecule is COc1ccc(OC)c(NC(=O)CCN2CCC(C)CC2)c1.O=C(O)C(=O)O. The molecule has 2 rings (SSSR count). The predicted molar refractivity (Wildman–Crippen MR) is 103 cm³/mol. The van der Waals surface area contributed by atoms with Gasteiger partial charge in [-0.2, -0.15) is 0 Å². The van der Waals surface area contributed by atoms with Crippen molar-refractivity contribution < 1.29 is 34.1 Å². The highest BCUT2D eigenvalue weighted by Crippen LogP contribution is 2.29. The smallest absolute Gasteiger partial charge is 0.414 e. The van der Waals surface area contributed by atoms with Crippen LogP contribution in [0.3, 0.4) is 0 Å². The molecule has 1 amide bonds. The monoisotopic (exact) mass is 396 g/mol. The number of hydrogen-bond acceptors (Lipinski definition) is 6. The molecule has 156 valence electrons. The zero-order valence-electron chi connectivity index (χ0n) is 16.4. The maximum Gasteiger partial charge on any atom is 0.414 e. The Morgan fingerprint density at radius 3 is 2.21 bits per heavy atom. The maximum atomic E-state index is 12.2. The number of hydrogen-bond donors (Lipinski definition) is 3. The highest BCUT2D eigenvalue weighted by atomic mass is 16.5. The number of amides is 1. The van der Waals surface area contributed by atoms with Crippen molar-refractivity contribution in [2.75, 3.05) is 39.2 Å². The van der Waals surface area contributed by atoms with E-state index in [-0.39, 0.29) is 5.91 Å². The summed E-state index contributed by atoms with van der Waals surface area (Å²) >= 11 is 0. The van der Waals surface area contributed by atoms with E-state index >= 15 is 0 Å². The lowest BCUT2D eigenvalue weighted by atomic mass is 9.99. The second-order valence-electron chi connectivity index (χ2n) is 6.50. The third-order valence-electron chi connectivity index (χ3n) is 4.40. The molecule has 0 radical (unpaired) electrons. The Hall–Kier alpha value is -2.81. The third kappa shape index (κ3) is 8.26. The zero-order chi connectivity index (χ0) is 21.1. The van der Waals surface area contributed by atoms with E-state index in [4.69, 9.17) is 29.3 Å². The molecule has 1 aliphatic heterocycles. The van der Waals surface area contributed by atoms with Gasteiger partial charge in [0, 0.05) is 19.0 Å². The summed E-state index contributed by atoms with van der Waals surface area (Å²) in [5.74, 6) is -1.50. The standard InChI is InChI=1S/C17H26N2O3.C2H2O4/c1-13-6-9-19(10-7-13)11-8-17(20)18-15-12-14(21-2)4-5-16(15)22-3;3-1(4)2(5)6/h4-5,12-13H,6-11H2,1-3H3,(H,18,20);(H,3,4)(H,5,6). The van der Waals surface area contributed by atoms with Gasteiger partial charge in [0.1, 0.15) is 11.5 Å². The minimum atomic E-state index is -1.82. The molecule has 9 heteroatoms. The number of methoxy groups -OCH3 is 2. The molecule has 1 heterocycles. The van der Waals surface area contributed by atoms with E-state index in [1.165, 1.54) is 12.8 Å². The number of nitrogens with zero attached hydrogens (tertiary/aromatic N) is 1. The largest absolute Gasteiger partial charge is 0.497 e. The van der Waals surface area contributed by atoms with Crippen LogP contribution in [0.15, 0.2) is 18.2 Å². The van der Waals surface area contributed by atoms with Crippen molar-refractivity contribution in [3.8, 4) is 11.5 Å². The summed E-state index contributed by atoms with van der Waals surface area (Å²) < 4.78 is 10.5. The van der Waals surface area contributed by atoms with Crippen LogP contribution in [0.2, 0.25) is 0 Å². The first-order valence-electron chi connectivity index (χ1n) is 8.97. The summed E-state index contributed by atoms with van der Waals surface area (Å²) in [5, 5.41) is 17.7. The molecule has 0 aromatic heterocycles. The fourth-order valence-corrected chi connectivity index (χ4v) is 2.67. The van der Waals surface area contributed by atoms with Gasteiger partial charge < -0.3 is 29.9 Å². The number of benzene rings is 1. The van der Waals surface area contributed by atoms with Crippen LogP contribution in [0.5, 0.6) is 11.5 Å². The number of carboxylic acid groups (broad SMARTS) is 2. The number of likely N-dealkylation sites (tertiary alicyclic amines) is 1. The lowest BCUT2D eigenvalue weighted by Crippen LogP contribution is -2.35. The van der Waals surface area contributed by atoms with Crippen LogP contribution in [0.25, 0.3) is 0 Å². The second-order valence-corrected chi connectivity index (χ2v) is 6.50. The first kappa shape index (κ1) is 23.2. The Kier molecular flexibility index (Phi) is 9.80. The number of carbonyl (C=O) groups excluding carboxylic acids is 1. The van der Waals surface area contributed by atoms with Gasteiger partial charge in [-0.25, -0.2) is 9.59 Å². The summed E-state index contributed by atoms with van der Waals surface area (Å²) in [6.07, 6.45) is 2.95. The van der Waals surface area contributed by atoms with Gasteiger partial charge in [-0.1, -0.05) is 6.92 Å². The molecule has 0 unspecified atom stereocenters. The summed E-state index contributed by atoms with van der Waals surface area (Å²) in [6.45, 7) is 5.29. The maximum absolute atomic E-state index is 12.2. The second kappa shape index (κ2) is 11.8. The van der Waals surface area contributed by atoms with E-state index in [0.717, 1.165) is 25.6 Å². The van der Waals surface area contributed by atoms with Crippen LogP contribution < -0.4 is 14.8 Å². The number of carboxylic acids is 2. The van der Waals surface area contributed by atoms with Gasteiger partial charge in [0.25, 0.3) is 0 Å². The van der Waals surface area contributed by atoms with E-state index in [1.54, 1.807) is 26.4 Å². The minimum Gasteiger partial charge on any atom is -0.497 e. The van der Waals surface area contributed by atoms with Gasteiger partial charge in [-0.05, 0) is 44.0 Å². The van der Waals surface area contributed by atoms with Crippen molar-refractivity contribution in [3.63, 3.8) is 0 Å². The van der Waals surface area contributed by atoms with Crippen LogP contribution in [0.4, 0.5) is 5.69 Å². The van der Waals surface area contributed by atoms with Gasteiger partial charge in [-0.15, -0.1) is 0 Å². The van der Waals surface area contributed by atoms with E-state index in [0.29, 0.717) is 23.6 Å². The lowest BCUT2D eigenvalue weighted by molar-refractivity contribution is -0.159. The zero-order valence-corrected chi connectivity index (χ0v) is 16.4. The molecule has 3 N–H and O–H groups in total. The highest BCUT2D eigenvalue weighted by molar-refractivity contribution is 6.27. The molecule has 0 bridgehead atoms. The number of piperidine rings is 1. The predicted octanol–water partition coefficient (Wildman–Crippen LogP) is 1.92. The number of nitrogens with one attached hydrogen (secondary N) is 1. The molecule has 1 saturated heterocycles. The topological polar surface area (TPSA) is 125 Å². The molecule has 0 aliphatic carbocycles. The average Bonchev–Trinajstić information content (AvgIpc) is 2.67. The van der Waals surface area contributed by atoms with Crippen molar-refractivity contribution in [1.82, 2.24) is 4.90 Å². The molecule has 0 saturated carbocycles. The molecular formula is C19H28N2O7. The molecular weight excluding hydrogens is 368 g/mol. The van der Waals surface area contributed by atoms with Crippen molar-refractivity contribution >= 4 is 23.5 Å². The molecule has 1 aliphatic rings. The average molecular weight is 396 g/mol. The Labute approximate surface area is 164 Å². The number of aliphatic carboxylic acids is 2. The van der Waals surface area contributed by atoms with Crippen molar-refractivity contribution in [3.05, 3.63) is 18.2 Å². The van der Waals surface area contributed by atoms with Crippen LogP contribution in [0.1, 0.15) is 26.2 Å². The fraction of sp³-hybridized carbons (Fsp3) is 0.526. The van der Waals surface area contributed by atoms with Gasteiger partial charge >= 0.3 is 11.9 Å². The van der Waals surface area contributed by atoms with Gasteiger partial charge in [0.15, 0.2) is 0 Å². The summed E-state index contributed by atoms with van der Waals surface area (Å²) in [7, 11) is 3.19. The first-order valence-corrected chi connectivity index (χ1v) is 8.97. The Morgan fingerprint density at radius 1 is 1.11 bits per heavy atom. The Morgan fingerprint density at radius 2 is 1.71 bits per heavy atom. The number of anilines is 1. The number of carbonyl (C=O) groups is 3. The van der Waals surface area contributed by atoms with Crippen molar-refractivity contribution in [2.24, 2.45) is 5.92 Å². The number of rotatable bonds is 6. The van der Waals surface area contributed by atoms with E-state index in [2.05, 4.69) is 17.1 Å². The molecule has 0 spiro atoms. The molecule has 9 nitrogen and oxygen atoms in total.